The zero-order valence-electron chi connectivity index (χ0n) is 41.3. The van der Waals surface area contributed by atoms with Crippen LogP contribution in [0.1, 0.15) is 110 Å². The van der Waals surface area contributed by atoms with Crippen LogP contribution in [0.5, 0.6) is 0 Å². The van der Waals surface area contributed by atoms with E-state index < -0.39 is 5.41 Å². The fourth-order valence-electron chi connectivity index (χ4n) is 20.9. The van der Waals surface area contributed by atoms with E-state index in [9.17, 15) is 0 Å². The van der Waals surface area contributed by atoms with Crippen LogP contribution in [-0.2, 0) is 16.2 Å². The number of nitrogens with zero attached hydrogens (tertiary/aromatic N) is 2. The summed E-state index contributed by atoms with van der Waals surface area (Å²) in [5.74, 6) is 5.29. The number of para-hydroxylation sites is 3. The van der Waals surface area contributed by atoms with Crippen molar-refractivity contribution in [1.29, 1.82) is 0 Å². The minimum absolute atomic E-state index is 0.0718. The molecule has 0 N–H and O–H groups in total. The van der Waals surface area contributed by atoms with E-state index in [0.29, 0.717) is 5.41 Å². The van der Waals surface area contributed by atoms with Gasteiger partial charge in [0.1, 0.15) is 5.58 Å². The lowest BCUT2D eigenvalue weighted by atomic mass is 9.41. The smallest absolute Gasteiger partial charge is 0.333 e. The van der Waals surface area contributed by atoms with Crippen LogP contribution < -0.4 is 15.7 Å². The van der Waals surface area contributed by atoms with Gasteiger partial charge in [-0.15, -0.1) is 0 Å². The maximum atomic E-state index is 7.34. The van der Waals surface area contributed by atoms with E-state index in [4.69, 9.17) is 4.42 Å². The third-order valence-electron chi connectivity index (χ3n) is 22.4. The number of hydrogen-bond donors (Lipinski definition) is 0. The van der Waals surface area contributed by atoms with Gasteiger partial charge in [0.05, 0.1) is 22.1 Å². The molecule has 10 aromatic rings. The molecule has 0 radical (unpaired) electrons. The lowest BCUT2D eigenvalue weighted by Crippen LogP contribution is -2.62. The van der Waals surface area contributed by atoms with Crippen LogP contribution in [0.3, 0.4) is 0 Å². The highest BCUT2D eigenvalue weighted by molar-refractivity contribution is 6.94. The summed E-state index contributed by atoms with van der Waals surface area (Å²) in [7, 11) is 0. The summed E-state index contributed by atoms with van der Waals surface area (Å²) in [5, 5.41) is 5.35. The Balaban J connectivity index is 0.949. The fraction of sp³-hybridized carbons (Fsp3) is 0.304. The Kier molecular flexibility index (Phi) is 6.78. The summed E-state index contributed by atoms with van der Waals surface area (Å²) in [6, 6.07) is 60.6. The second-order valence-corrected chi connectivity index (χ2v) is 25.9. The highest BCUT2D eigenvalue weighted by Gasteiger charge is 2.58. The Hall–Kier alpha value is -6.78. The lowest BCUT2D eigenvalue weighted by molar-refractivity contribution is -0.00526. The SMILES string of the molecule is c1ccc2c(c1)-c1ccccc1C21c2ccccc2N2B3c4c(cc5c(oc6ccccc65)c4-n4c5ccc(C67CC8CC(CC(C8)C6)C7)cc5c5cc(C67CC8CC(CC(C8)C6)C7)cc3c54)-c3cccc1c32. The Morgan fingerprint density at radius 3 is 1.71 bits per heavy atom. The molecule has 2 aromatic heterocycles. The van der Waals surface area contributed by atoms with Gasteiger partial charge >= 0.3 is 6.85 Å². The maximum absolute atomic E-state index is 7.34. The summed E-state index contributed by atoms with van der Waals surface area (Å²) in [5.41, 5.74) is 25.8. The molecule has 3 aliphatic heterocycles. The molecule has 73 heavy (non-hydrogen) atoms. The number of aromatic nitrogens is 1. The molecule has 0 unspecified atom stereocenters. The van der Waals surface area contributed by atoms with Crippen molar-refractivity contribution < 1.29 is 4.42 Å². The van der Waals surface area contributed by atoms with E-state index in [0.717, 1.165) is 46.7 Å². The number of fused-ring (bicyclic) bond motifs is 20. The second-order valence-electron chi connectivity index (χ2n) is 25.9. The van der Waals surface area contributed by atoms with Gasteiger partial charge in [-0.3, -0.25) is 0 Å². The summed E-state index contributed by atoms with van der Waals surface area (Å²) in [6.07, 6.45) is 17.0. The van der Waals surface area contributed by atoms with Crippen molar-refractivity contribution in [3.63, 3.8) is 0 Å². The standard InChI is InChI=1S/C69H55BN2O/c1-4-14-54-46(10-1)47-11-2-5-15-55(47)69(54)56-16-6-7-18-60(56)72-63-49(13-9-17-57(63)69)51-31-53-48-12-3-8-19-61(48)73-66(53)65-62(51)70(72)58-30-45(68-35-41-25-42(36-68)27-43(26-41)37-68)29-52-50-28-44(20-21-59(50)71(65)64(52)58)67-32-38-22-39(33-67)24-40(23-38)34-67/h1-21,28-31,38-43H,22-27,32-37H2. The molecule has 1 spiro atoms. The van der Waals surface area contributed by atoms with Crippen LogP contribution in [0.15, 0.2) is 156 Å². The number of hydrogen-bond acceptors (Lipinski definition) is 2. The van der Waals surface area contributed by atoms with Crippen LogP contribution in [0, 0.1) is 35.5 Å². The zero-order chi connectivity index (χ0) is 46.8. The van der Waals surface area contributed by atoms with Crippen molar-refractivity contribution in [2.75, 3.05) is 4.81 Å². The molecule has 8 aromatic carbocycles. The van der Waals surface area contributed by atoms with E-state index in [1.807, 2.05) is 0 Å². The Labute approximate surface area is 426 Å². The van der Waals surface area contributed by atoms with Gasteiger partial charge in [-0.1, -0.05) is 115 Å². The summed E-state index contributed by atoms with van der Waals surface area (Å²) >= 11 is 0. The molecule has 4 heteroatoms. The average molecular weight is 939 g/mol. The van der Waals surface area contributed by atoms with E-state index in [1.165, 1.54) is 182 Å². The Morgan fingerprint density at radius 1 is 0.438 bits per heavy atom. The van der Waals surface area contributed by atoms with Gasteiger partial charge in [0.15, 0.2) is 5.58 Å². The molecule has 0 amide bonds. The van der Waals surface area contributed by atoms with E-state index in [2.05, 4.69) is 161 Å². The largest absolute Gasteiger partial charge is 0.454 e. The maximum Gasteiger partial charge on any atom is 0.333 e. The Bertz CT molecular complexity index is 4100. The highest BCUT2D eigenvalue weighted by atomic mass is 16.3. The van der Waals surface area contributed by atoms with Crippen molar-refractivity contribution in [2.24, 2.45) is 35.5 Å². The fourth-order valence-corrected chi connectivity index (χ4v) is 20.9. The monoisotopic (exact) mass is 938 g/mol. The van der Waals surface area contributed by atoms with Gasteiger partial charge in [-0.2, -0.15) is 0 Å². The lowest BCUT2D eigenvalue weighted by Gasteiger charge is -2.57. The molecule has 12 aliphatic rings. The first-order valence-electron chi connectivity index (χ1n) is 28.4. The molecule has 0 atom stereocenters. The van der Waals surface area contributed by atoms with Crippen molar-refractivity contribution in [3.05, 3.63) is 185 Å². The van der Waals surface area contributed by atoms with E-state index in [-0.39, 0.29) is 12.3 Å². The van der Waals surface area contributed by atoms with Crippen LogP contribution in [-0.4, -0.2) is 11.4 Å². The first-order chi connectivity index (χ1) is 36.0. The van der Waals surface area contributed by atoms with E-state index >= 15 is 0 Å². The van der Waals surface area contributed by atoms with Gasteiger partial charge in [0.2, 0.25) is 0 Å². The van der Waals surface area contributed by atoms with Crippen molar-refractivity contribution in [3.8, 4) is 27.9 Å². The highest BCUT2D eigenvalue weighted by Crippen LogP contribution is 2.67. The first kappa shape index (κ1) is 38.8. The molecule has 0 saturated heterocycles. The normalized spacial score (nSPS) is 29.2. The Morgan fingerprint density at radius 2 is 1.01 bits per heavy atom. The number of rotatable bonds is 2. The van der Waals surface area contributed by atoms with Crippen LogP contribution in [0.2, 0.25) is 0 Å². The van der Waals surface area contributed by atoms with Crippen molar-refractivity contribution in [2.45, 2.75) is 93.3 Å². The summed E-state index contributed by atoms with van der Waals surface area (Å²) in [4.78, 5) is 2.87. The topological polar surface area (TPSA) is 21.3 Å². The number of anilines is 2. The molecule has 3 nitrogen and oxygen atoms in total. The van der Waals surface area contributed by atoms with Crippen LogP contribution in [0.25, 0.3) is 71.7 Å². The predicted molar refractivity (Wildman–Crippen MR) is 298 cm³/mol. The number of furan rings is 1. The third kappa shape index (κ3) is 4.44. The summed E-state index contributed by atoms with van der Waals surface area (Å²) in [6.45, 7) is -0.0718. The third-order valence-corrected chi connectivity index (χ3v) is 22.4. The predicted octanol–water partition coefficient (Wildman–Crippen LogP) is 15.5. The molecule has 22 rings (SSSR count). The van der Waals surface area contributed by atoms with Crippen LogP contribution in [0.4, 0.5) is 11.4 Å². The molecule has 9 aliphatic carbocycles. The molecular weight excluding hydrogens is 884 g/mol. The van der Waals surface area contributed by atoms with Gasteiger partial charge in [0.25, 0.3) is 0 Å². The van der Waals surface area contributed by atoms with Crippen molar-refractivity contribution in [1.82, 2.24) is 4.57 Å². The van der Waals surface area contributed by atoms with Gasteiger partial charge in [-0.05, 0) is 221 Å². The van der Waals surface area contributed by atoms with Gasteiger partial charge in [-0.25, -0.2) is 0 Å². The molecule has 8 saturated carbocycles. The van der Waals surface area contributed by atoms with E-state index in [1.54, 1.807) is 11.1 Å². The second kappa shape index (κ2) is 12.8. The van der Waals surface area contributed by atoms with Crippen LogP contribution >= 0.6 is 0 Å². The molecule has 8 fully saturated rings. The first-order valence-corrected chi connectivity index (χ1v) is 28.4. The molecule has 5 heterocycles. The quantitative estimate of drug-likeness (QED) is 0.161. The molecular formula is C69H55BN2O. The van der Waals surface area contributed by atoms with Gasteiger partial charge < -0.3 is 13.8 Å². The summed E-state index contributed by atoms with van der Waals surface area (Å²) < 4.78 is 10.1. The number of benzene rings is 8. The minimum atomic E-state index is -0.480. The molecule has 8 bridgehead atoms. The van der Waals surface area contributed by atoms with Crippen molar-refractivity contribution >= 4 is 72.9 Å². The average Bonchev–Trinajstić information content (AvgIpc) is 4.05. The zero-order valence-corrected chi connectivity index (χ0v) is 41.3. The van der Waals surface area contributed by atoms with Gasteiger partial charge in [0, 0.05) is 38.5 Å². The molecule has 350 valence electrons. The minimum Gasteiger partial charge on any atom is -0.454 e.